The van der Waals surface area contributed by atoms with Gasteiger partial charge in [-0.2, -0.15) is 0 Å². The molecule has 0 saturated heterocycles. The molecule has 3 aromatic rings. The zero-order chi connectivity index (χ0) is 19.4. The molecule has 6 heteroatoms. The molecule has 0 aliphatic carbocycles. The van der Waals surface area contributed by atoms with E-state index in [0.29, 0.717) is 17.0 Å². The van der Waals surface area contributed by atoms with Gasteiger partial charge in [0, 0.05) is 11.3 Å². The van der Waals surface area contributed by atoms with Crippen LogP contribution in [0, 0.1) is 11.6 Å². The number of rotatable bonds is 5. The second-order valence-electron chi connectivity index (χ2n) is 5.62. The Labute approximate surface area is 160 Å². The summed E-state index contributed by atoms with van der Waals surface area (Å²) in [6, 6.07) is 8.78. The third-order valence-electron chi connectivity index (χ3n) is 3.84. The summed E-state index contributed by atoms with van der Waals surface area (Å²) in [7, 11) is 0. The molecule has 136 valence electrons. The maximum atomic E-state index is 14.5. The summed E-state index contributed by atoms with van der Waals surface area (Å²) < 4.78 is 27.9. The molecule has 0 saturated carbocycles. The molecule has 27 heavy (non-hydrogen) atoms. The lowest BCUT2D eigenvalue weighted by molar-refractivity contribution is 0.628. The fourth-order valence-electron chi connectivity index (χ4n) is 2.54. The minimum Gasteiger partial charge on any atom is -0.339 e. The van der Waals surface area contributed by atoms with Gasteiger partial charge in [0.25, 0.3) is 0 Å². The quantitative estimate of drug-likeness (QED) is 0.514. The molecule has 0 fully saturated rings. The lowest BCUT2D eigenvalue weighted by Gasteiger charge is -2.12. The molecule has 0 amide bonds. The summed E-state index contributed by atoms with van der Waals surface area (Å²) >= 11 is 5.84. The zero-order valence-corrected chi connectivity index (χ0v) is 15.3. The molecule has 3 nitrogen and oxygen atoms in total. The lowest BCUT2D eigenvalue weighted by Crippen LogP contribution is -2.02. The van der Waals surface area contributed by atoms with E-state index in [0.717, 1.165) is 5.57 Å². The van der Waals surface area contributed by atoms with E-state index in [2.05, 4.69) is 21.9 Å². The first-order valence-electron chi connectivity index (χ1n) is 8.17. The zero-order valence-electron chi connectivity index (χ0n) is 14.5. The van der Waals surface area contributed by atoms with E-state index in [9.17, 15) is 8.78 Å². The molecule has 0 atom stereocenters. The van der Waals surface area contributed by atoms with Crippen molar-refractivity contribution < 1.29 is 8.78 Å². The number of halogens is 3. The van der Waals surface area contributed by atoms with E-state index < -0.39 is 11.6 Å². The Hall–Kier alpha value is -3.05. The molecule has 0 radical (unpaired) electrons. The fraction of sp³-hybridized carbons (Fsp3) is 0.0476. The van der Waals surface area contributed by atoms with Crippen LogP contribution in [0.4, 0.5) is 20.3 Å². The maximum absolute atomic E-state index is 14.5. The molecule has 0 aliphatic rings. The number of hydrogen-bond acceptors (Lipinski definition) is 3. The van der Waals surface area contributed by atoms with Gasteiger partial charge >= 0.3 is 0 Å². The van der Waals surface area contributed by atoms with Crippen LogP contribution in [0.25, 0.3) is 16.5 Å². The normalized spacial score (nSPS) is 11.9. The molecular formula is C21H16ClF2N3. The van der Waals surface area contributed by atoms with Crippen LogP contribution in [0.1, 0.15) is 12.7 Å². The van der Waals surface area contributed by atoms with E-state index >= 15 is 0 Å². The minimum absolute atomic E-state index is 0.0397. The second-order valence-corrected chi connectivity index (χ2v) is 6.03. The highest BCUT2D eigenvalue weighted by molar-refractivity contribution is 6.31. The average molecular weight is 384 g/mol. The summed E-state index contributed by atoms with van der Waals surface area (Å²) in [5.41, 5.74) is 1.68. The van der Waals surface area contributed by atoms with Gasteiger partial charge in [-0.3, -0.25) is 0 Å². The highest BCUT2D eigenvalue weighted by atomic mass is 35.5. The molecule has 0 unspecified atom stereocenters. The van der Waals surface area contributed by atoms with Gasteiger partial charge in [-0.05, 0) is 37.3 Å². The maximum Gasteiger partial charge on any atom is 0.161 e. The summed E-state index contributed by atoms with van der Waals surface area (Å²) in [4.78, 5) is 8.94. The van der Waals surface area contributed by atoms with Gasteiger partial charge in [-0.15, -0.1) is 0 Å². The number of nitrogens with zero attached hydrogens (tertiary/aromatic N) is 2. The highest BCUT2D eigenvalue weighted by Crippen LogP contribution is 2.29. The van der Waals surface area contributed by atoms with Crippen LogP contribution in [0.15, 0.2) is 67.3 Å². The third kappa shape index (κ3) is 4.04. The SMILES string of the molecule is C=C/C=C\C(=C/C)c1nc(Nc2ccc(F)c(Cl)c2)c2c(F)cccc2n1. The average Bonchev–Trinajstić information content (AvgIpc) is 2.65. The van der Waals surface area contributed by atoms with Gasteiger partial charge in [0.2, 0.25) is 0 Å². The first-order valence-corrected chi connectivity index (χ1v) is 8.55. The number of aromatic nitrogens is 2. The number of fused-ring (bicyclic) bond motifs is 1. The summed E-state index contributed by atoms with van der Waals surface area (Å²) in [6.07, 6.45) is 7.07. The van der Waals surface area contributed by atoms with E-state index in [1.807, 2.05) is 19.1 Å². The highest BCUT2D eigenvalue weighted by Gasteiger charge is 2.14. The Balaban J connectivity index is 2.17. The Morgan fingerprint density at radius 2 is 1.96 bits per heavy atom. The summed E-state index contributed by atoms with van der Waals surface area (Å²) in [5.74, 6) is -0.308. The molecule has 3 rings (SSSR count). The number of anilines is 2. The fourth-order valence-corrected chi connectivity index (χ4v) is 2.72. The Morgan fingerprint density at radius 3 is 2.67 bits per heavy atom. The molecule has 1 N–H and O–H groups in total. The number of benzene rings is 2. The van der Waals surface area contributed by atoms with Crippen molar-refractivity contribution in [2.75, 3.05) is 5.32 Å². The Kier molecular flexibility index (Phi) is 5.62. The van der Waals surface area contributed by atoms with Crippen molar-refractivity contribution in [1.82, 2.24) is 9.97 Å². The second kappa shape index (κ2) is 8.10. The number of hydrogen-bond donors (Lipinski definition) is 1. The smallest absolute Gasteiger partial charge is 0.161 e. The number of allylic oxidation sites excluding steroid dienone is 5. The van der Waals surface area contributed by atoms with Gasteiger partial charge in [-0.25, -0.2) is 18.7 Å². The van der Waals surface area contributed by atoms with Crippen molar-refractivity contribution in [2.45, 2.75) is 6.92 Å². The van der Waals surface area contributed by atoms with E-state index in [-0.39, 0.29) is 16.2 Å². The van der Waals surface area contributed by atoms with Gasteiger partial charge in [0.1, 0.15) is 17.5 Å². The molecular weight excluding hydrogens is 368 g/mol. The van der Waals surface area contributed by atoms with Crippen LogP contribution in [0.5, 0.6) is 0 Å². The van der Waals surface area contributed by atoms with Crippen molar-refractivity contribution in [3.63, 3.8) is 0 Å². The van der Waals surface area contributed by atoms with Crippen LogP contribution in [-0.4, -0.2) is 9.97 Å². The lowest BCUT2D eigenvalue weighted by atomic mass is 10.1. The van der Waals surface area contributed by atoms with Crippen LogP contribution in [-0.2, 0) is 0 Å². The third-order valence-corrected chi connectivity index (χ3v) is 4.13. The van der Waals surface area contributed by atoms with Gasteiger partial charge in [0.15, 0.2) is 5.82 Å². The van der Waals surface area contributed by atoms with Crippen LogP contribution < -0.4 is 5.32 Å². The molecule has 1 heterocycles. The summed E-state index contributed by atoms with van der Waals surface area (Å²) in [6.45, 7) is 5.51. The van der Waals surface area contributed by atoms with Crippen molar-refractivity contribution in [3.8, 4) is 0 Å². The monoisotopic (exact) mass is 383 g/mol. The first-order chi connectivity index (χ1) is 13.0. The van der Waals surface area contributed by atoms with Crippen LogP contribution >= 0.6 is 11.6 Å². The van der Waals surface area contributed by atoms with Gasteiger partial charge < -0.3 is 5.32 Å². The first kappa shape index (κ1) is 18.7. The number of nitrogens with one attached hydrogen (secondary N) is 1. The Bertz CT molecular complexity index is 1070. The minimum atomic E-state index is -0.535. The molecule has 0 aliphatic heterocycles. The molecule has 1 aromatic heterocycles. The molecule has 0 bridgehead atoms. The van der Waals surface area contributed by atoms with Gasteiger partial charge in [0.05, 0.1) is 15.9 Å². The topological polar surface area (TPSA) is 37.8 Å². The molecule has 2 aromatic carbocycles. The van der Waals surface area contributed by atoms with Gasteiger partial charge in [-0.1, -0.05) is 48.6 Å². The van der Waals surface area contributed by atoms with Crippen molar-refractivity contribution in [3.05, 3.63) is 89.8 Å². The predicted molar refractivity (Wildman–Crippen MR) is 107 cm³/mol. The van der Waals surface area contributed by atoms with Crippen molar-refractivity contribution >= 4 is 39.6 Å². The van der Waals surface area contributed by atoms with Crippen molar-refractivity contribution in [1.29, 1.82) is 0 Å². The predicted octanol–water partition coefficient (Wildman–Crippen LogP) is 6.45. The van der Waals surface area contributed by atoms with E-state index in [4.69, 9.17) is 11.6 Å². The van der Waals surface area contributed by atoms with Crippen LogP contribution in [0.3, 0.4) is 0 Å². The molecule has 0 spiro atoms. The van der Waals surface area contributed by atoms with E-state index in [1.54, 1.807) is 24.3 Å². The van der Waals surface area contributed by atoms with Crippen molar-refractivity contribution in [2.24, 2.45) is 0 Å². The summed E-state index contributed by atoms with van der Waals surface area (Å²) in [5, 5.41) is 3.22. The van der Waals surface area contributed by atoms with E-state index in [1.165, 1.54) is 24.3 Å². The Morgan fingerprint density at radius 1 is 1.15 bits per heavy atom. The van der Waals surface area contributed by atoms with Crippen LogP contribution in [0.2, 0.25) is 5.02 Å². The largest absolute Gasteiger partial charge is 0.339 e. The standard InChI is InChI=1S/C21H16ClF2N3/c1-3-5-7-13(4-2)20-26-18-9-6-8-17(24)19(18)21(27-20)25-14-10-11-16(23)15(22)12-14/h3-12H,1H2,2H3,(H,25,26,27)/b7-5-,13-4+.